The first kappa shape index (κ1) is 11.8. The van der Waals surface area contributed by atoms with E-state index in [2.05, 4.69) is 10.2 Å². The van der Waals surface area contributed by atoms with Gasteiger partial charge in [-0.05, 0) is 44.4 Å². The maximum atomic E-state index is 13.4. The van der Waals surface area contributed by atoms with Crippen LogP contribution in [0.5, 0.6) is 0 Å². The first-order valence-electron chi connectivity index (χ1n) is 6.78. The Bertz CT molecular complexity index is 435. The van der Waals surface area contributed by atoms with Gasteiger partial charge in [0.2, 0.25) is 0 Å². The van der Waals surface area contributed by atoms with Gasteiger partial charge in [-0.1, -0.05) is 6.07 Å². The van der Waals surface area contributed by atoms with Gasteiger partial charge in [-0.15, -0.1) is 0 Å². The molecule has 0 spiro atoms. The van der Waals surface area contributed by atoms with Gasteiger partial charge in [-0.3, -0.25) is 0 Å². The molecular formula is C14H20FN3. The molecule has 3 rings (SSSR count). The van der Waals surface area contributed by atoms with E-state index in [1.54, 1.807) is 6.07 Å². The van der Waals surface area contributed by atoms with E-state index in [-0.39, 0.29) is 11.5 Å². The lowest BCUT2D eigenvalue weighted by Gasteiger charge is -2.35. The zero-order chi connectivity index (χ0) is 12.5. The van der Waals surface area contributed by atoms with Crippen molar-refractivity contribution >= 4 is 11.4 Å². The lowest BCUT2D eigenvalue weighted by Crippen LogP contribution is -2.42. The number of rotatable bonds is 2. The SMILES string of the molecule is Nc1c(F)cccc1NC1CCN2CCCC2C1. The van der Waals surface area contributed by atoms with E-state index < -0.39 is 0 Å². The van der Waals surface area contributed by atoms with Gasteiger partial charge < -0.3 is 16.0 Å². The summed E-state index contributed by atoms with van der Waals surface area (Å²) in [6.45, 7) is 2.40. The van der Waals surface area contributed by atoms with Gasteiger partial charge in [0.05, 0.1) is 11.4 Å². The second-order valence-electron chi connectivity index (χ2n) is 5.40. The van der Waals surface area contributed by atoms with Crippen LogP contribution < -0.4 is 11.1 Å². The maximum absolute atomic E-state index is 13.4. The fraction of sp³-hybridized carbons (Fsp3) is 0.571. The summed E-state index contributed by atoms with van der Waals surface area (Å²) >= 11 is 0. The van der Waals surface area contributed by atoms with E-state index in [1.165, 1.54) is 25.5 Å². The molecule has 0 aromatic heterocycles. The molecule has 2 saturated heterocycles. The third-order valence-electron chi connectivity index (χ3n) is 4.23. The smallest absolute Gasteiger partial charge is 0.148 e. The van der Waals surface area contributed by atoms with Crippen LogP contribution >= 0.6 is 0 Å². The van der Waals surface area contributed by atoms with Crippen molar-refractivity contribution in [2.75, 3.05) is 24.1 Å². The number of nitrogen functional groups attached to an aromatic ring is 1. The summed E-state index contributed by atoms with van der Waals surface area (Å²) < 4.78 is 13.4. The van der Waals surface area contributed by atoms with E-state index in [4.69, 9.17) is 5.73 Å². The highest BCUT2D eigenvalue weighted by atomic mass is 19.1. The van der Waals surface area contributed by atoms with E-state index in [0.717, 1.165) is 25.1 Å². The molecule has 3 N–H and O–H groups in total. The van der Waals surface area contributed by atoms with Crippen LogP contribution in [-0.2, 0) is 0 Å². The van der Waals surface area contributed by atoms with Crippen molar-refractivity contribution in [3.8, 4) is 0 Å². The minimum Gasteiger partial charge on any atom is -0.395 e. The average Bonchev–Trinajstić information content (AvgIpc) is 2.82. The van der Waals surface area contributed by atoms with E-state index in [9.17, 15) is 4.39 Å². The van der Waals surface area contributed by atoms with Crippen molar-refractivity contribution in [1.82, 2.24) is 4.90 Å². The molecule has 2 aliphatic rings. The number of anilines is 2. The summed E-state index contributed by atoms with van der Waals surface area (Å²) in [5.41, 5.74) is 6.74. The van der Waals surface area contributed by atoms with Gasteiger partial charge in [0.1, 0.15) is 5.82 Å². The monoisotopic (exact) mass is 249 g/mol. The van der Waals surface area contributed by atoms with Gasteiger partial charge in [-0.2, -0.15) is 0 Å². The van der Waals surface area contributed by atoms with Crippen molar-refractivity contribution in [2.24, 2.45) is 0 Å². The van der Waals surface area contributed by atoms with Crippen LogP contribution in [0, 0.1) is 5.82 Å². The summed E-state index contributed by atoms with van der Waals surface area (Å²) in [6, 6.07) is 6.11. The Kier molecular flexibility index (Phi) is 3.12. The Labute approximate surface area is 107 Å². The summed E-state index contributed by atoms with van der Waals surface area (Å²) in [5, 5.41) is 3.41. The Morgan fingerprint density at radius 3 is 3.06 bits per heavy atom. The third kappa shape index (κ3) is 2.17. The van der Waals surface area contributed by atoms with Crippen molar-refractivity contribution in [3.05, 3.63) is 24.0 Å². The molecule has 0 bridgehead atoms. The number of fused-ring (bicyclic) bond motifs is 1. The summed E-state index contributed by atoms with van der Waals surface area (Å²) in [6.07, 6.45) is 4.89. The number of nitrogens with two attached hydrogens (primary N) is 1. The fourth-order valence-corrected chi connectivity index (χ4v) is 3.24. The van der Waals surface area contributed by atoms with E-state index in [0.29, 0.717) is 12.1 Å². The molecule has 18 heavy (non-hydrogen) atoms. The van der Waals surface area contributed by atoms with E-state index in [1.807, 2.05) is 6.07 Å². The summed E-state index contributed by atoms with van der Waals surface area (Å²) in [7, 11) is 0. The first-order chi connectivity index (χ1) is 8.74. The molecule has 0 aliphatic carbocycles. The average molecular weight is 249 g/mol. The minimum atomic E-state index is -0.335. The lowest BCUT2D eigenvalue weighted by atomic mass is 9.97. The number of hydrogen-bond donors (Lipinski definition) is 2. The maximum Gasteiger partial charge on any atom is 0.148 e. The topological polar surface area (TPSA) is 41.3 Å². The number of nitrogens with one attached hydrogen (secondary N) is 1. The molecule has 2 heterocycles. The summed E-state index contributed by atoms with van der Waals surface area (Å²) in [4.78, 5) is 2.58. The Hall–Kier alpha value is -1.29. The van der Waals surface area contributed by atoms with E-state index >= 15 is 0 Å². The molecule has 1 aromatic rings. The Balaban J connectivity index is 1.68. The van der Waals surface area contributed by atoms with Crippen molar-refractivity contribution in [1.29, 1.82) is 0 Å². The molecule has 0 radical (unpaired) electrons. The van der Waals surface area contributed by atoms with Crippen LogP contribution in [0.4, 0.5) is 15.8 Å². The highest BCUT2D eigenvalue weighted by Crippen LogP contribution is 2.30. The fourth-order valence-electron chi connectivity index (χ4n) is 3.24. The molecule has 98 valence electrons. The Morgan fingerprint density at radius 2 is 2.17 bits per heavy atom. The predicted octanol–water partition coefficient (Wildman–Crippen LogP) is 2.45. The van der Waals surface area contributed by atoms with Crippen molar-refractivity contribution < 1.29 is 4.39 Å². The van der Waals surface area contributed by atoms with Gasteiger partial charge in [-0.25, -0.2) is 4.39 Å². The third-order valence-corrected chi connectivity index (χ3v) is 4.23. The van der Waals surface area contributed by atoms with Crippen LogP contribution in [0.2, 0.25) is 0 Å². The Morgan fingerprint density at radius 1 is 1.28 bits per heavy atom. The quantitative estimate of drug-likeness (QED) is 0.791. The minimum absolute atomic E-state index is 0.242. The second kappa shape index (κ2) is 4.76. The highest BCUT2D eigenvalue weighted by molar-refractivity contribution is 5.66. The lowest BCUT2D eigenvalue weighted by molar-refractivity contribution is 0.188. The zero-order valence-electron chi connectivity index (χ0n) is 10.5. The van der Waals surface area contributed by atoms with Gasteiger partial charge in [0.15, 0.2) is 0 Å². The number of para-hydroxylation sites is 1. The standard InChI is InChI=1S/C14H20FN3/c15-12-4-1-5-13(14(12)16)17-10-6-8-18-7-2-3-11(18)9-10/h1,4-5,10-11,17H,2-3,6-9,16H2. The molecule has 2 atom stereocenters. The molecule has 1 aromatic carbocycles. The zero-order valence-corrected chi connectivity index (χ0v) is 10.5. The number of hydrogen-bond acceptors (Lipinski definition) is 3. The van der Waals surface area contributed by atoms with Gasteiger partial charge in [0, 0.05) is 18.6 Å². The second-order valence-corrected chi connectivity index (χ2v) is 5.40. The molecular weight excluding hydrogens is 229 g/mol. The highest BCUT2D eigenvalue weighted by Gasteiger charge is 2.31. The predicted molar refractivity (Wildman–Crippen MR) is 72.1 cm³/mol. The number of nitrogens with zero attached hydrogens (tertiary/aromatic N) is 1. The van der Waals surface area contributed by atoms with Gasteiger partial charge >= 0.3 is 0 Å². The molecule has 0 amide bonds. The normalized spacial score (nSPS) is 28.1. The largest absolute Gasteiger partial charge is 0.395 e. The van der Waals surface area contributed by atoms with Crippen LogP contribution in [0.1, 0.15) is 25.7 Å². The van der Waals surface area contributed by atoms with Gasteiger partial charge in [0.25, 0.3) is 0 Å². The van der Waals surface area contributed by atoms with Crippen LogP contribution in [-0.4, -0.2) is 30.1 Å². The number of halogens is 1. The van der Waals surface area contributed by atoms with Crippen molar-refractivity contribution in [3.63, 3.8) is 0 Å². The molecule has 4 heteroatoms. The molecule has 3 nitrogen and oxygen atoms in total. The molecule has 2 unspecified atom stereocenters. The number of piperidine rings is 1. The summed E-state index contributed by atoms with van der Waals surface area (Å²) in [5.74, 6) is -0.335. The molecule has 0 saturated carbocycles. The molecule has 2 fully saturated rings. The van der Waals surface area contributed by atoms with Crippen molar-refractivity contribution in [2.45, 2.75) is 37.8 Å². The van der Waals surface area contributed by atoms with Crippen LogP contribution in [0.3, 0.4) is 0 Å². The van der Waals surface area contributed by atoms with Crippen LogP contribution in [0.15, 0.2) is 18.2 Å². The molecule has 2 aliphatic heterocycles. The first-order valence-corrected chi connectivity index (χ1v) is 6.78. The number of benzene rings is 1. The van der Waals surface area contributed by atoms with Crippen LogP contribution in [0.25, 0.3) is 0 Å².